The molecule has 0 fully saturated rings. The summed E-state index contributed by atoms with van der Waals surface area (Å²) in [6.07, 6.45) is 0.104. The van der Waals surface area contributed by atoms with E-state index in [2.05, 4.69) is 5.32 Å². The first-order valence-electron chi connectivity index (χ1n) is 14.2. The zero-order valence-electron chi connectivity index (χ0n) is 24.6. The Hall–Kier alpha value is -4.57. The van der Waals surface area contributed by atoms with Crippen LogP contribution in [0.25, 0.3) is 0 Å². The molecule has 0 bridgehead atoms. The number of halogens is 2. The van der Waals surface area contributed by atoms with Crippen molar-refractivity contribution in [3.8, 4) is 0 Å². The SMILES string of the molecule is CC(C)CNC(=O)C(Cc1ccccc1)N(Cc1ccccc1F)C(=O)CN(c1ccc(F)cc1)S(=O)(=O)c1ccccc1. The molecule has 2 amide bonds. The Bertz CT molecular complexity index is 1650. The highest BCUT2D eigenvalue weighted by molar-refractivity contribution is 7.92. The van der Waals surface area contributed by atoms with Crippen LogP contribution in [0, 0.1) is 17.6 Å². The van der Waals surface area contributed by atoms with Gasteiger partial charge in [0.25, 0.3) is 10.0 Å². The summed E-state index contributed by atoms with van der Waals surface area (Å²) in [5, 5.41) is 2.89. The number of carbonyl (C=O) groups excluding carboxylic acids is 2. The molecule has 230 valence electrons. The van der Waals surface area contributed by atoms with Gasteiger partial charge >= 0.3 is 0 Å². The molecular weight excluding hydrogens is 584 g/mol. The van der Waals surface area contributed by atoms with Gasteiger partial charge in [-0.15, -0.1) is 0 Å². The lowest BCUT2D eigenvalue weighted by Gasteiger charge is -2.34. The van der Waals surface area contributed by atoms with E-state index in [1.54, 1.807) is 24.3 Å². The van der Waals surface area contributed by atoms with Crippen molar-refractivity contribution in [1.82, 2.24) is 10.2 Å². The number of nitrogens with one attached hydrogen (secondary N) is 1. The minimum absolute atomic E-state index is 0.0540. The summed E-state index contributed by atoms with van der Waals surface area (Å²) in [6, 6.07) is 26.2. The molecule has 0 spiro atoms. The van der Waals surface area contributed by atoms with E-state index in [0.29, 0.717) is 6.54 Å². The molecule has 0 saturated carbocycles. The number of carbonyl (C=O) groups is 2. The van der Waals surface area contributed by atoms with Crippen LogP contribution in [0.3, 0.4) is 0 Å². The second kappa shape index (κ2) is 14.7. The smallest absolute Gasteiger partial charge is 0.264 e. The average molecular weight is 620 g/mol. The van der Waals surface area contributed by atoms with Crippen molar-refractivity contribution >= 4 is 27.5 Å². The minimum atomic E-state index is -4.31. The van der Waals surface area contributed by atoms with Gasteiger partial charge in [0.05, 0.1) is 10.6 Å². The first-order valence-corrected chi connectivity index (χ1v) is 15.7. The van der Waals surface area contributed by atoms with Gasteiger partial charge in [0, 0.05) is 25.1 Å². The van der Waals surface area contributed by atoms with Crippen LogP contribution in [0.1, 0.15) is 25.0 Å². The van der Waals surface area contributed by atoms with E-state index < -0.39 is 46.1 Å². The van der Waals surface area contributed by atoms with Crippen LogP contribution in [0.2, 0.25) is 0 Å². The Labute approximate surface area is 257 Å². The Kier molecular flexibility index (Phi) is 10.8. The number of anilines is 1. The van der Waals surface area contributed by atoms with Gasteiger partial charge < -0.3 is 10.2 Å². The van der Waals surface area contributed by atoms with Crippen LogP contribution in [0.15, 0.2) is 114 Å². The highest BCUT2D eigenvalue weighted by Gasteiger charge is 2.35. The summed E-state index contributed by atoms with van der Waals surface area (Å²) in [6.45, 7) is 3.20. The van der Waals surface area contributed by atoms with E-state index in [4.69, 9.17) is 0 Å². The summed E-state index contributed by atoms with van der Waals surface area (Å²) >= 11 is 0. The first-order chi connectivity index (χ1) is 21.1. The molecule has 1 N–H and O–H groups in total. The predicted octanol–water partition coefficient (Wildman–Crippen LogP) is 5.57. The molecule has 4 rings (SSSR count). The second-order valence-corrected chi connectivity index (χ2v) is 12.6. The molecule has 7 nitrogen and oxygen atoms in total. The fraction of sp³-hybridized carbons (Fsp3) is 0.235. The zero-order valence-corrected chi connectivity index (χ0v) is 25.4. The third-order valence-electron chi connectivity index (χ3n) is 6.98. The Balaban J connectivity index is 1.79. The van der Waals surface area contributed by atoms with E-state index in [0.717, 1.165) is 22.0 Å². The number of amides is 2. The van der Waals surface area contributed by atoms with Gasteiger partial charge in [-0.2, -0.15) is 0 Å². The molecule has 4 aromatic carbocycles. The van der Waals surface area contributed by atoms with E-state index in [-0.39, 0.29) is 35.0 Å². The van der Waals surface area contributed by atoms with Gasteiger partial charge in [0.15, 0.2) is 0 Å². The maximum absolute atomic E-state index is 15.0. The number of sulfonamides is 1. The summed E-state index contributed by atoms with van der Waals surface area (Å²) in [4.78, 5) is 29.2. The number of rotatable bonds is 13. The molecule has 0 heterocycles. The molecule has 1 atom stereocenters. The molecule has 44 heavy (non-hydrogen) atoms. The van der Waals surface area contributed by atoms with Gasteiger partial charge in [0.1, 0.15) is 24.2 Å². The highest BCUT2D eigenvalue weighted by Crippen LogP contribution is 2.25. The topological polar surface area (TPSA) is 86.8 Å². The molecule has 0 aromatic heterocycles. The minimum Gasteiger partial charge on any atom is -0.354 e. The fourth-order valence-electron chi connectivity index (χ4n) is 4.64. The van der Waals surface area contributed by atoms with E-state index in [1.165, 1.54) is 47.4 Å². The molecular formula is C34H35F2N3O4S. The largest absolute Gasteiger partial charge is 0.354 e. The van der Waals surface area contributed by atoms with Crippen molar-refractivity contribution in [2.75, 3.05) is 17.4 Å². The molecule has 10 heteroatoms. The summed E-state index contributed by atoms with van der Waals surface area (Å²) < 4.78 is 57.4. The van der Waals surface area contributed by atoms with Crippen LogP contribution < -0.4 is 9.62 Å². The van der Waals surface area contributed by atoms with Crippen LogP contribution in [-0.2, 0) is 32.6 Å². The van der Waals surface area contributed by atoms with Crippen LogP contribution in [0.5, 0.6) is 0 Å². The normalized spacial score (nSPS) is 12.0. The first kappa shape index (κ1) is 32.3. The van der Waals surface area contributed by atoms with Crippen molar-refractivity contribution in [1.29, 1.82) is 0 Å². The third-order valence-corrected chi connectivity index (χ3v) is 8.77. The lowest BCUT2D eigenvalue weighted by Crippen LogP contribution is -2.53. The number of nitrogens with zero attached hydrogens (tertiary/aromatic N) is 2. The average Bonchev–Trinajstić information content (AvgIpc) is 3.02. The van der Waals surface area contributed by atoms with Gasteiger partial charge in [-0.1, -0.05) is 80.6 Å². The lowest BCUT2D eigenvalue weighted by molar-refractivity contribution is -0.140. The number of benzene rings is 4. The van der Waals surface area contributed by atoms with Gasteiger partial charge in [-0.05, 0) is 53.9 Å². The van der Waals surface area contributed by atoms with E-state index in [1.807, 2.05) is 44.2 Å². The quantitative estimate of drug-likeness (QED) is 0.212. The van der Waals surface area contributed by atoms with Gasteiger partial charge in [-0.25, -0.2) is 17.2 Å². The van der Waals surface area contributed by atoms with Crippen molar-refractivity contribution < 1.29 is 26.8 Å². The molecule has 4 aromatic rings. The van der Waals surface area contributed by atoms with Crippen molar-refractivity contribution in [3.05, 3.63) is 132 Å². The van der Waals surface area contributed by atoms with E-state index in [9.17, 15) is 26.8 Å². The maximum Gasteiger partial charge on any atom is 0.264 e. The van der Waals surface area contributed by atoms with Gasteiger partial charge in [0.2, 0.25) is 11.8 Å². The Morgan fingerprint density at radius 1 is 0.795 bits per heavy atom. The van der Waals surface area contributed by atoms with Crippen LogP contribution in [-0.4, -0.2) is 44.3 Å². The summed E-state index contributed by atoms with van der Waals surface area (Å²) in [5.41, 5.74) is 0.976. The lowest BCUT2D eigenvalue weighted by atomic mass is 10.0. The van der Waals surface area contributed by atoms with Crippen LogP contribution in [0.4, 0.5) is 14.5 Å². The number of hydrogen-bond donors (Lipinski definition) is 1. The number of hydrogen-bond acceptors (Lipinski definition) is 4. The Morgan fingerprint density at radius 2 is 1.39 bits per heavy atom. The third kappa shape index (κ3) is 8.29. The predicted molar refractivity (Wildman–Crippen MR) is 166 cm³/mol. The van der Waals surface area contributed by atoms with Crippen LogP contribution >= 0.6 is 0 Å². The standard InChI is InChI=1S/C34H35F2N3O4S/c1-25(2)22-37-34(41)32(21-26-11-5-3-6-12-26)38(23-27-13-9-10-16-31(27)36)33(40)24-39(29-19-17-28(35)18-20-29)44(42,43)30-14-7-4-8-15-30/h3-20,25,32H,21-24H2,1-2H3,(H,37,41). The molecule has 0 radical (unpaired) electrons. The zero-order chi connectivity index (χ0) is 31.7. The van der Waals surface area contributed by atoms with E-state index >= 15 is 0 Å². The highest BCUT2D eigenvalue weighted by atomic mass is 32.2. The molecule has 0 aliphatic carbocycles. The molecule has 0 saturated heterocycles. The summed E-state index contributed by atoms with van der Waals surface area (Å²) in [5.74, 6) is -2.22. The molecule has 0 aliphatic heterocycles. The maximum atomic E-state index is 15.0. The Morgan fingerprint density at radius 3 is 2.00 bits per heavy atom. The van der Waals surface area contributed by atoms with Crippen molar-refractivity contribution in [2.45, 2.75) is 37.8 Å². The van der Waals surface area contributed by atoms with Crippen molar-refractivity contribution in [2.24, 2.45) is 5.92 Å². The van der Waals surface area contributed by atoms with Gasteiger partial charge in [-0.3, -0.25) is 13.9 Å². The summed E-state index contributed by atoms with van der Waals surface area (Å²) in [7, 11) is -4.31. The second-order valence-electron chi connectivity index (χ2n) is 10.8. The monoisotopic (exact) mass is 619 g/mol. The fourth-order valence-corrected chi connectivity index (χ4v) is 6.08. The molecule has 1 unspecified atom stereocenters. The molecule has 0 aliphatic rings. The van der Waals surface area contributed by atoms with Crippen molar-refractivity contribution in [3.63, 3.8) is 0 Å².